The second-order valence-electron chi connectivity index (χ2n) is 22.0. The largest absolute Gasteiger partial charge is 0.456 e. The molecule has 0 radical (unpaired) electrons. The van der Waals surface area contributed by atoms with Gasteiger partial charge in [0.15, 0.2) is 5.82 Å². The smallest absolute Gasteiger partial charge is 0.163 e. The molecule has 0 atom stereocenters. The van der Waals surface area contributed by atoms with E-state index < -0.39 is 5.41 Å². The van der Waals surface area contributed by atoms with Crippen molar-refractivity contribution in [1.29, 1.82) is 0 Å². The standard InChI is InChI=1S/C60H54N4O/c1-2-11-44(12-3-1)60(50-17-10-14-47-46-13-4-9-20-53(46)65-54(47)50)48-15-5-7-18-51(48)64(52-19-8-6-16-49(52)60)45-23-21-43(22-24-45)55-61-56(58-31-37-25-38(32-58)27-39(26-37)33-58)63-57(62-55)59-34-40-28-41(35-59)30-42(29-40)36-59/h1-24,37-42H,25-36H2. The van der Waals surface area contributed by atoms with Crippen LogP contribution >= 0.6 is 0 Å². The third-order valence-electron chi connectivity index (χ3n) is 18.2. The molecule has 65 heavy (non-hydrogen) atoms. The van der Waals surface area contributed by atoms with E-state index in [9.17, 15) is 0 Å². The average Bonchev–Trinajstić information content (AvgIpc) is 3.72. The fraction of sp³-hybridized carbons (Fsp3) is 0.350. The summed E-state index contributed by atoms with van der Waals surface area (Å²) in [4.78, 5) is 19.4. The third kappa shape index (κ3) is 5.30. The van der Waals surface area contributed by atoms with Gasteiger partial charge < -0.3 is 9.32 Å². The van der Waals surface area contributed by atoms with E-state index in [1.54, 1.807) is 0 Å². The lowest BCUT2D eigenvalue weighted by Gasteiger charge is -2.57. The molecule has 5 heteroatoms. The maximum Gasteiger partial charge on any atom is 0.163 e. The third-order valence-corrected chi connectivity index (χ3v) is 18.2. The zero-order valence-corrected chi connectivity index (χ0v) is 37.0. The van der Waals surface area contributed by atoms with Crippen molar-refractivity contribution in [2.45, 2.75) is 93.3 Å². The maximum absolute atomic E-state index is 6.90. The number of furan rings is 1. The summed E-state index contributed by atoms with van der Waals surface area (Å²) in [7, 11) is 0. The van der Waals surface area contributed by atoms with Gasteiger partial charge in [0.1, 0.15) is 22.8 Å². The summed E-state index contributed by atoms with van der Waals surface area (Å²) in [5, 5.41) is 2.28. The normalized spacial score (nSPS) is 29.9. The highest BCUT2D eigenvalue weighted by Crippen LogP contribution is 2.63. The Hall–Kier alpha value is -6.07. The van der Waals surface area contributed by atoms with Crippen molar-refractivity contribution in [3.05, 3.63) is 179 Å². The summed E-state index contributed by atoms with van der Waals surface area (Å²) < 4.78 is 6.90. The molecule has 0 amide bonds. The molecule has 0 saturated heterocycles. The minimum atomic E-state index is -0.662. The molecular formula is C60H54N4O. The van der Waals surface area contributed by atoms with E-state index in [4.69, 9.17) is 19.4 Å². The van der Waals surface area contributed by atoms with E-state index in [0.29, 0.717) is 0 Å². The van der Waals surface area contributed by atoms with Crippen LogP contribution in [-0.4, -0.2) is 15.0 Å². The van der Waals surface area contributed by atoms with Crippen LogP contribution in [0.5, 0.6) is 0 Å². The van der Waals surface area contributed by atoms with Crippen LogP contribution in [-0.2, 0) is 16.2 Å². The molecule has 8 saturated carbocycles. The molecule has 320 valence electrons. The van der Waals surface area contributed by atoms with Crippen LogP contribution in [0.4, 0.5) is 17.1 Å². The number of para-hydroxylation sites is 4. The first kappa shape index (κ1) is 37.2. The quantitative estimate of drug-likeness (QED) is 0.167. The lowest BCUT2D eigenvalue weighted by molar-refractivity contribution is -0.0155. The number of fused-ring (bicyclic) bond motifs is 5. The lowest BCUT2D eigenvalue weighted by atomic mass is 9.49. The van der Waals surface area contributed by atoms with Crippen molar-refractivity contribution in [1.82, 2.24) is 15.0 Å². The zero-order chi connectivity index (χ0) is 42.5. The van der Waals surface area contributed by atoms with Gasteiger partial charge in [-0.2, -0.15) is 0 Å². The van der Waals surface area contributed by atoms with Crippen molar-refractivity contribution in [2.24, 2.45) is 35.5 Å². The molecule has 8 aromatic rings. The number of benzene rings is 6. The van der Waals surface area contributed by atoms with E-state index in [2.05, 4.69) is 150 Å². The van der Waals surface area contributed by atoms with Crippen LogP contribution in [0.25, 0.3) is 33.3 Å². The van der Waals surface area contributed by atoms with Crippen molar-refractivity contribution in [2.75, 3.05) is 4.90 Å². The molecule has 9 aliphatic rings. The van der Waals surface area contributed by atoms with E-state index >= 15 is 0 Å². The zero-order valence-electron chi connectivity index (χ0n) is 37.0. The molecule has 2 aromatic heterocycles. The summed E-state index contributed by atoms with van der Waals surface area (Å²) in [5.41, 5.74) is 10.7. The highest BCUT2D eigenvalue weighted by molar-refractivity contribution is 6.07. The molecule has 8 fully saturated rings. The second-order valence-corrected chi connectivity index (χ2v) is 22.0. The summed E-state index contributed by atoms with van der Waals surface area (Å²) >= 11 is 0. The Bertz CT molecular complexity index is 3020. The Labute approximate surface area is 381 Å². The van der Waals surface area contributed by atoms with E-state index in [1.165, 1.54) is 93.7 Å². The molecule has 8 bridgehead atoms. The van der Waals surface area contributed by atoms with Crippen molar-refractivity contribution in [3.63, 3.8) is 0 Å². The van der Waals surface area contributed by atoms with E-state index in [0.717, 1.165) is 103 Å². The number of anilines is 3. The number of hydrogen-bond acceptors (Lipinski definition) is 5. The molecule has 0 unspecified atom stereocenters. The molecule has 6 aromatic carbocycles. The highest BCUT2D eigenvalue weighted by Gasteiger charge is 2.56. The van der Waals surface area contributed by atoms with Crippen LogP contribution in [0.2, 0.25) is 0 Å². The number of hydrogen-bond donors (Lipinski definition) is 0. The molecule has 0 N–H and O–H groups in total. The van der Waals surface area contributed by atoms with E-state index in [-0.39, 0.29) is 10.8 Å². The van der Waals surface area contributed by atoms with Gasteiger partial charge in [-0.25, -0.2) is 15.0 Å². The summed E-state index contributed by atoms with van der Waals surface area (Å²) in [6.07, 6.45) is 16.1. The van der Waals surface area contributed by atoms with Gasteiger partial charge >= 0.3 is 0 Å². The van der Waals surface area contributed by atoms with Crippen LogP contribution in [0.1, 0.15) is 111 Å². The Morgan fingerprint density at radius 3 is 1.48 bits per heavy atom. The Kier molecular flexibility index (Phi) is 7.72. The number of nitrogens with zero attached hydrogens (tertiary/aromatic N) is 4. The van der Waals surface area contributed by atoms with Crippen LogP contribution in [0, 0.1) is 35.5 Å². The fourth-order valence-electron chi connectivity index (χ4n) is 16.5. The van der Waals surface area contributed by atoms with Gasteiger partial charge in [0.25, 0.3) is 0 Å². The molecule has 0 spiro atoms. The van der Waals surface area contributed by atoms with Crippen molar-refractivity contribution >= 4 is 39.0 Å². The molecular weight excluding hydrogens is 793 g/mol. The monoisotopic (exact) mass is 846 g/mol. The van der Waals surface area contributed by atoms with Gasteiger partial charge in [0, 0.05) is 38.4 Å². The summed E-state index contributed by atoms with van der Waals surface area (Å²) in [6.45, 7) is 0. The molecule has 17 rings (SSSR count). The maximum atomic E-state index is 6.90. The van der Waals surface area contributed by atoms with Gasteiger partial charge in [-0.1, -0.05) is 103 Å². The molecule has 8 aliphatic carbocycles. The van der Waals surface area contributed by atoms with Crippen molar-refractivity contribution < 1.29 is 4.42 Å². The lowest BCUT2D eigenvalue weighted by Crippen LogP contribution is -2.51. The Morgan fingerprint density at radius 1 is 0.431 bits per heavy atom. The van der Waals surface area contributed by atoms with Crippen LogP contribution < -0.4 is 4.90 Å². The van der Waals surface area contributed by atoms with Gasteiger partial charge in [0.05, 0.1) is 16.8 Å². The SMILES string of the molecule is c1ccc(C2(c3cccc4c3oc3ccccc34)c3ccccc3N(c3ccc(-c4nc(C56CC7CC(CC(C7)C5)C6)nc(C56CC7CC(CC(C7)C5)C6)n4)cc3)c3ccccc32)cc1. The molecule has 5 nitrogen and oxygen atoms in total. The van der Waals surface area contributed by atoms with Gasteiger partial charge in [-0.3, -0.25) is 0 Å². The first-order valence-electron chi connectivity index (χ1n) is 24.8. The van der Waals surface area contributed by atoms with Crippen LogP contribution in [0.3, 0.4) is 0 Å². The topological polar surface area (TPSA) is 55.1 Å². The van der Waals surface area contributed by atoms with Crippen molar-refractivity contribution in [3.8, 4) is 11.4 Å². The fourth-order valence-corrected chi connectivity index (χ4v) is 16.5. The minimum Gasteiger partial charge on any atom is -0.456 e. The minimum absolute atomic E-state index is 0.114. The Morgan fingerprint density at radius 2 is 0.908 bits per heavy atom. The van der Waals surface area contributed by atoms with Crippen LogP contribution in [0.15, 0.2) is 150 Å². The van der Waals surface area contributed by atoms with Gasteiger partial charge in [0.2, 0.25) is 0 Å². The number of rotatable bonds is 6. The summed E-state index contributed by atoms with van der Waals surface area (Å²) in [6, 6.07) is 53.5. The molecule has 3 heterocycles. The highest BCUT2D eigenvalue weighted by atomic mass is 16.3. The Balaban J connectivity index is 0.888. The number of aromatic nitrogens is 3. The first-order chi connectivity index (χ1) is 32.0. The second kappa shape index (κ2) is 13.5. The summed E-state index contributed by atoms with van der Waals surface area (Å²) in [5.74, 6) is 8.22. The van der Waals surface area contributed by atoms with Gasteiger partial charge in [-0.15, -0.1) is 0 Å². The first-order valence-corrected chi connectivity index (χ1v) is 24.8. The van der Waals surface area contributed by atoms with E-state index in [1.807, 2.05) is 0 Å². The van der Waals surface area contributed by atoms with Gasteiger partial charge in [-0.05, 0) is 172 Å². The average molecular weight is 847 g/mol. The predicted octanol–water partition coefficient (Wildman–Crippen LogP) is 14.5. The predicted molar refractivity (Wildman–Crippen MR) is 259 cm³/mol. The molecule has 1 aliphatic heterocycles.